The Labute approximate surface area is 112 Å². The average molecular weight is 278 g/mol. The average Bonchev–Trinajstić information content (AvgIpc) is 3.03. The number of nitrogens with zero attached hydrogens (tertiary/aromatic N) is 2. The molecule has 0 bridgehead atoms. The largest absolute Gasteiger partial charge is 0.454 e. The highest BCUT2D eigenvalue weighted by molar-refractivity contribution is 7.99. The molecule has 1 aliphatic rings. The summed E-state index contributed by atoms with van der Waals surface area (Å²) in [4.78, 5) is 15.9. The van der Waals surface area contributed by atoms with Gasteiger partial charge in [-0.25, -0.2) is 5.10 Å². The van der Waals surface area contributed by atoms with E-state index in [1.165, 1.54) is 11.8 Å². The molecule has 0 saturated carbocycles. The van der Waals surface area contributed by atoms with Crippen molar-refractivity contribution in [3.05, 3.63) is 23.8 Å². The second-order valence-corrected chi connectivity index (χ2v) is 4.73. The van der Waals surface area contributed by atoms with Crippen LogP contribution in [0.15, 0.2) is 23.4 Å². The standard InChI is InChI=1S/C11H10N4O3S/c12-10-13-11(15-14-10)19-4-7(16)6-1-2-8-9(3-6)18-5-17-8/h1-3H,4-5H2,(H3,12,13,14,15). The molecular formula is C11H10N4O3S. The molecule has 3 rings (SSSR count). The normalized spacial score (nSPS) is 12.6. The summed E-state index contributed by atoms with van der Waals surface area (Å²) in [6, 6.07) is 5.12. The number of Topliss-reactive ketones (excluding diaryl/α,β-unsaturated/α-hetero) is 1. The minimum absolute atomic E-state index is 0.0355. The smallest absolute Gasteiger partial charge is 0.231 e. The van der Waals surface area contributed by atoms with E-state index in [2.05, 4.69) is 15.2 Å². The Balaban J connectivity index is 1.67. The number of aromatic nitrogens is 3. The van der Waals surface area contributed by atoms with Crippen molar-refractivity contribution in [1.29, 1.82) is 0 Å². The van der Waals surface area contributed by atoms with Gasteiger partial charge in [-0.3, -0.25) is 4.79 Å². The van der Waals surface area contributed by atoms with Crippen LogP contribution < -0.4 is 15.2 Å². The number of anilines is 1. The lowest BCUT2D eigenvalue weighted by Crippen LogP contribution is -2.02. The summed E-state index contributed by atoms with van der Waals surface area (Å²) in [5.74, 6) is 1.69. The minimum atomic E-state index is -0.0355. The Kier molecular flexibility index (Phi) is 3.00. The van der Waals surface area contributed by atoms with Crippen LogP contribution in [0.25, 0.3) is 0 Å². The number of ether oxygens (including phenoxy) is 2. The molecule has 0 radical (unpaired) electrons. The molecular weight excluding hydrogens is 268 g/mol. The number of nitrogen functional groups attached to an aromatic ring is 1. The van der Waals surface area contributed by atoms with E-state index in [9.17, 15) is 4.79 Å². The maximum absolute atomic E-state index is 12.0. The van der Waals surface area contributed by atoms with Crippen LogP contribution in [0.4, 0.5) is 5.95 Å². The summed E-state index contributed by atoms with van der Waals surface area (Å²) in [5.41, 5.74) is 5.97. The molecule has 2 heterocycles. The molecule has 8 heteroatoms. The third-order valence-corrected chi connectivity index (χ3v) is 3.36. The van der Waals surface area contributed by atoms with Gasteiger partial charge in [0.2, 0.25) is 17.9 Å². The van der Waals surface area contributed by atoms with E-state index in [4.69, 9.17) is 15.2 Å². The molecule has 7 nitrogen and oxygen atoms in total. The van der Waals surface area contributed by atoms with Gasteiger partial charge >= 0.3 is 0 Å². The van der Waals surface area contributed by atoms with Crippen LogP contribution in [0, 0.1) is 0 Å². The zero-order chi connectivity index (χ0) is 13.2. The molecule has 1 aromatic heterocycles. The highest BCUT2D eigenvalue weighted by Crippen LogP contribution is 2.32. The molecule has 0 unspecified atom stereocenters. The zero-order valence-corrected chi connectivity index (χ0v) is 10.6. The maximum Gasteiger partial charge on any atom is 0.231 e. The summed E-state index contributed by atoms with van der Waals surface area (Å²) in [6.45, 7) is 0.193. The number of carbonyl (C=O) groups excluding carboxylic acids is 1. The van der Waals surface area contributed by atoms with Crippen molar-refractivity contribution >= 4 is 23.5 Å². The first-order valence-corrected chi connectivity index (χ1v) is 6.44. The monoisotopic (exact) mass is 278 g/mol. The van der Waals surface area contributed by atoms with E-state index in [0.29, 0.717) is 22.2 Å². The van der Waals surface area contributed by atoms with Crippen LogP contribution in [0.5, 0.6) is 11.5 Å². The third kappa shape index (κ3) is 2.48. The van der Waals surface area contributed by atoms with Gasteiger partial charge < -0.3 is 15.2 Å². The predicted octanol–water partition coefficient (Wildman–Crippen LogP) is 1.09. The van der Waals surface area contributed by atoms with E-state index >= 15 is 0 Å². The van der Waals surface area contributed by atoms with Crippen molar-refractivity contribution in [1.82, 2.24) is 15.2 Å². The van der Waals surface area contributed by atoms with Crippen LogP contribution in [0.1, 0.15) is 10.4 Å². The zero-order valence-electron chi connectivity index (χ0n) is 9.75. The lowest BCUT2D eigenvalue weighted by atomic mass is 10.1. The molecule has 2 aromatic rings. The third-order valence-electron chi connectivity index (χ3n) is 2.51. The highest BCUT2D eigenvalue weighted by atomic mass is 32.2. The van der Waals surface area contributed by atoms with Gasteiger partial charge in [0.1, 0.15) is 0 Å². The Morgan fingerprint density at radius 1 is 1.42 bits per heavy atom. The second-order valence-electron chi connectivity index (χ2n) is 3.78. The van der Waals surface area contributed by atoms with Crippen molar-refractivity contribution in [2.24, 2.45) is 0 Å². The molecule has 0 atom stereocenters. The van der Waals surface area contributed by atoms with Crippen molar-refractivity contribution in [2.45, 2.75) is 5.16 Å². The summed E-state index contributed by atoms with van der Waals surface area (Å²) < 4.78 is 10.4. The number of ketones is 1. The first-order chi connectivity index (χ1) is 9.22. The van der Waals surface area contributed by atoms with Crippen molar-refractivity contribution in [3.63, 3.8) is 0 Å². The van der Waals surface area contributed by atoms with E-state index in [-0.39, 0.29) is 24.3 Å². The number of benzene rings is 1. The molecule has 0 amide bonds. The van der Waals surface area contributed by atoms with Gasteiger partial charge in [-0.2, -0.15) is 4.98 Å². The SMILES string of the molecule is Nc1nc(SCC(=O)c2ccc3c(c2)OCO3)n[nH]1. The predicted molar refractivity (Wildman–Crippen MR) is 68.4 cm³/mol. The van der Waals surface area contributed by atoms with Crippen LogP contribution >= 0.6 is 11.8 Å². The van der Waals surface area contributed by atoms with Gasteiger partial charge in [-0.1, -0.05) is 11.8 Å². The molecule has 19 heavy (non-hydrogen) atoms. The molecule has 0 aliphatic carbocycles. The molecule has 1 aliphatic heterocycles. The van der Waals surface area contributed by atoms with Crippen LogP contribution in [0.3, 0.4) is 0 Å². The number of aromatic amines is 1. The number of fused-ring (bicyclic) bond motifs is 1. The van der Waals surface area contributed by atoms with Gasteiger partial charge in [0.05, 0.1) is 5.75 Å². The second kappa shape index (κ2) is 4.81. The van der Waals surface area contributed by atoms with Crippen molar-refractivity contribution in [3.8, 4) is 11.5 Å². The fraction of sp³-hybridized carbons (Fsp3) is 0.182. The van der Waals surface area contributed by atoms with Crippen LogP contribution in [-0.2, 0) is 0 Å². The molecule has 1 aromatic carbocycles. The minimum Gasteiger partial charge on any atom is -0.454 e. The van der Waals surface area contributed by atoms with Crippen LogP contribution in [0.2, 0.25) is 0 Å². The summed E-state index contributed by atoms with van der Waals surface area (Å²) in [7, 11) is 0. The highest BCUT2D eigenvalue weighted by Gasteiger charge is 2.16. The molecule has 98 valence electrons. The number of rotatable bonds is 4. The number of hydrogen-bond donors (Lipinski definition) is 2. The first-order valence-electron chi connectivity index (χ1n) is 5.46. The van der Waals surface area contributed by atoms with Gasteiger partial charge in [0.15, 0.2) is 17.3 Å². The van der Waals surface area contributed by atoms with Gasteiger partial charge in [-0.15, -0.1) is 5.10 Å². The topological polar surface area (TPSA) is 103 Å². The lowest BCUT2D eigenvalue weighted by molar-refractivity contribution is 0.102. The molecule has 0 fully saturated rings. The van der Waals surface area contributed by atoms with Gasteiger partial charge in [-0.05, 0) is 18.2 Å². The van der Waals surface area contributed by atoms with Crippen molar-refractivity contribution in [2.75, 3.05) is 18.3 Å². The Hall–Kier alpha value is -2.22. The lowest BCUT2D eigenvalue weighted by Gasteiger charge is -2.01. The van der Waals surface area contributed by atoms with E-state index in [1.807, 2.05) is 0 Å². The fourth-order valence-corrected chi connectivity index (χ4v) is 2.31. The van der Waals surface area contributed by atoms with E-state index in [0.717, 1.165) is 0 Å². The Morgan fingerprint density at radius 3 is 3.05 bits per heavy atom. The van der Waals surface area contributed by atoms with E-state index in [1.54, 1.807) is 18.2 Å². The Morgan fingerprint density at radius 2 is 2.26 bits per heavy atom. The summed E-state index contributed by atoms with van der Waals surface area (Å²) in [6.07, 6.45) is 0. The number of hydrogen-bond acceptors (Lipinski definition) is 7. The number of H-pyrrole nitrogens is 1. The molecule has 3 N–H and O–H groups in total. The van der Waals surface area contributed by atoms with Crippen molar-refractivity contribution < 1.29 is 14.3 Å². The molecule has 0 spiro atoms. The number of thioether (sulfide) groups is 1. The van der Waals surface area contributed by atoms with Gasteiger partial charge in [0, 0.05) is 5.56 Å². The summed E-state index contributed by atoms with van der Waals surface area (Å²) >= 11 is 1.22. The fourth-order valence-electron chi connectivity index (χ4n) is 1.61. The van der Waals surface area contributed by atoms with Gasteiger partial charge in [0.25, 0.3) is 0 Å². The number of nitrogens with two attached hydrogens (primary N) is 1. The Bertz CT molecular complexity index is 628. The summed E-state index contributed by atoms with van der Waals surface area (Å²) in [5, 5.41) is 6.81. The van der Waals surface area contributed by atoms with Crippen LogP contribution in [-0.4, -0.2) is 33.5 Å². The molecule has 0 saturated heterocycles. The first kappa shape index (κ1) is 11.8. The van der Waals surface area contributed by atoms with E-state index < -0.39 is 0 Å². The quantitative estimate of drug-likeness (QED) is 0.637. The number of carbonyl (C=O) groups is 1. The maximum atomic E-state index is 12.0. The number of nitrogens with one attached hydrogen (secondary N) is 1.